The lowest BCUT2D eigenvalue weighted by Gasteiger charge is -2.15. The molecule has 1 unspecified atom stereocenters. The quantitative estimate of drug-likeness (QED) is 0.114. The van der Waals surface area contributed by atoms with Crippen LogP contribution < -0.4 is 17.2 Å². The van der Waals surface area contributed by atoms with Gasteiger partial charge in [0.1, 0.15) is 12.3 Å². The predicted molar refractivity (Wildman–Crippen MR) is 156 cm³/mol. The van der Waals surface area contributed by atoms with Crippen LogP contribution in [0.4, 0.5) is 5.69 Å². The topological polar surface area (TPSA) is 213 Å². The number of nitrogens with two attached hydrogens (primary N) is 3. The molecular weight excluding hydrogens is 563 g/mol. The number of nitrogens with zero attached hydrogens (tertiary/aromatic N) is 1. The molecule has 0 amide bonds. The van der Waals surface area contributed by atoms with Gasteiger partial charge in [0, 0.05) is 23.7 Å². The number of non-ortho nitro benzene ring substituents is 1. The maximum Gasteiger partial charge on any atom is 0.320 e. The van der Waals surface area contributed by atoms with E-state index in [0.29, 0.717) is 46.5 Å². The van der Waals surface area contributed by atoms with E-state index in [0.717, 1.165) is 12.8 Å². The number of carbonyl (C=O) groups excluding carboxylic acids is 1. The van der Waals surface area contributed by atoms with E-state index in [1.807, 2.05) is 0 Å². The zero-order valence-electron chi connectivity index (χ0n) is 22.2. The summed E-state index contributed by atoms with van der Waals surface area (Å²) in [6, 6.07) is 10.0. The first-order valence-corrected chi connectivity index (χ1v) is 13.5. The van der Waals surface area contributed by atoms with Crippen LogP contribution >= 0.6 is 23.2 Å². The van der Waals surface area contributed by atoms with Crippen molar-refractivity contribution >= 4 is 47.1 Å². The summed E-state index contributed by atoms with van der Waals surface area (Å²) in [7, 11) is 0. The number of hydrogen-bond donors (Lipinski definition) is 5. The van der Waals surface area contributed by atoms with E-state index in [1.165, 1.54) is 56.4 Å². The van der Waals surface area contributed by atoms with E-state index in [-0.39, 0.29) is 12.1 Å². The zero-order valence-corrected chi connectivity index (χ0v) is 23.7. The van der Waals surface area contributed by atoms with Gasteiger partial charge in [-0.2, -0.15) is 0 Å². The van der Waals surface area contributed by atoms with Crippen LogP contribution in [0.25, 0.3) is 0 Å². The molecule has 0 spiro atoms. The average molecular weight is 602 g/mol. The van der Waals surface area contributed by atoms with Crippen LogP contribution in [0.15, 0.2) is 42.5 Å². The second-order valence-electron chi connectivity index (χ2n) is 8.91. The number of nitro benzene ring substituents is 1. The Morgan fingerprint density at radius 2 is 1.62 bits per heavy atom. The fraction of sp³-hybridized carbons (Fsp3) is 0.444. The molecule has 222 valence electrons. The Balaban J connectivity index is 0.000000515. The van der Waals surface area contributed by atoms with E-state index in [9.17, 15) is 24.5 Å². The van der Waals surface area contributed by atoms with Crippen molar-refractivity contribution < 1.29 is 29.5 Å². The summed E-state index contributed by atoms with van der Waals surface area (Å²) in [5, 5.41) is 27.7. The van der Waals surface area contributed by atoms with Crippen LogP contribution in [-0.4, -0.2) is 52.0 Å². The standard InChI is InChI=1S/C8H6Cl2O2.C7H5NO3.C6H14N2O2.C6H13N/c9-6-2-1-5(3-7(6)10)4-8(11)12;9-5-6-1-3-7(4-2-6)8(10)11;7-4-2-1-3-5(8)6(9)10;7-6-4-2-1-3-5-6/h1-3H,4H2,(H,11,12);1-5H;5H,1-4,7-8H2,(H,9,10);6H,1-5,7H2. The van der Waals surface area contributed by atoms with Gasteiger partial charge in [0.15, 0.2) is 0 Å². The molecule has 2 aromatic carbocycles. The van der Waals surface area contributed by atoms with Crippen LogP contribution in [0.3, 0.4) is 0 Å². The highest BCUT2D eigenvalue weighted by molar-refractivity contribution is 6.42. The van der Waals surface area contributed by atoms with Gasteiger partial charge in [-0.1, -0.05) is 55.0 Å². The van der Waals surface area contributed by atoms with Gasteiger partial charge < -0.3 is 27.4 Å². The first-order valence-electron chi connectivity index (χ1n) is 12.7. The highest BCUT2D eigenvalue weighted by Crippen LogP contribution is 2.22. The monoisotopic (exact) mass is 600 g/mol. The molecule has 0 radical (unpaired) electrons. The number of carboxylic acids is 2. The van der Waals surface area contributed by atoms with Crippen molar-refractivity contribution in [1.82, 2.24) is 0 Å². The molecule has 1 saturated carbocycles. The molecule has 1 atom stereocenters. The van der Waals surface area contributed by atoms with Crippen LogP contribution in [0, 0.1) is 10.1 Å². The van der Waals surface area contributed by atoms with Gasteiger partial charge in [-0.3, -0.25) is 24.5 Å². The fourth-order valence-electron chi connectivity index (χ4n) is 3.27. The SMILES string of the molecule is NC1CCCCC1.NCCCCC(N)C(=O)O.O=C(O)Cc1ccc(Cl)c(Cl)c1.O=Cc1ccc([N+](=O)[O-])cc1. The van der Waals surface area contributed by atoms with Crippen molar-refractivity contribution in [3.8, 4) is 0 Å². The molecule has 13 heteroatoms. The third kappa shape index (κ3) is 18.2. The molecule has 1 fully saturated rings. The van der Waals surface area contributed by atoms with E-state index in [4.69, 9.17) is 50.6 Å². The smallest absolute Gasteiger partial charge is 0.320 e. The van der Waals surface area contributed by atoms with Crippen LogP contribution in [0.5, 0.6) is 0 Å². The number of aldehydes is 1. The molecule has 0 bridgehead atoms. The van der Waals surface area contributed by atoms with E-state index >= 15 is 0 Å². The summed E-state index contributed by atoms with van der Waals surface area (Å²) < 4.78 is 0. The number of aliphatic carboxylic acids is 2. The summed E-state index contributed by atoms with van der Waals surface area (Å²) in [6.07, 6.45) is 9.44. The summed E-state index contributed by atoms with van der Waals surface area (Å²) in [5.74, 6) is -1.81. The Morgan fingerprint density at radius 1 is 1.02 bits per heavy atom. The number of benzene rings is 2. The van der Waals surface area contributed by atoms with Crippen molar-refractivity contribution in [2.75, 3.05) is 6.54 Å². The number of unbranched alkanes of at least 4 members (excludes halogenated alkanes) is 1. The highest BCUT2D eigenvalue weighted by Gasteiger charge is 2.09. The van der Waals surface area contributed by atoms with Gasteiger partial charge >= 0.3 is 11.9 Å². The minimum absolute atomic E-state index is 0.00407. The summed E-state index contributed by atoms with van der Waals surface area (Å²) in [5.41, 5.74) is 17.1. The minimum atomic E-state index is -0.933. The van der Waals surface area contributed by atoms with Crippen molar-refractivity contribution in [1.29, 1.82) is 0 Å². The molecule has 8 N–H and O–H groups in total. The number of nitro groups is 1. The van der Waals surface area contributed by atoms with Gasteiger partial charge in [-0.05, 0) is 62.1 Å². The Labute approximate surface area is 243 Å². The summed E-state index contributed by atoms with van der Waals surface area (Å²) in [4.78, 5) is 40.2. The number of carboxylic acid groups (broad SMARTS) is 2. The van der Waals surface area contributed by atoms with Crippen molar-refractivity contribution in [3.05, 3.63) is 73.8 Å². The number of rotatable bonds is 9. The van der Waals surface area contributed by atoms with Gasteiger partial charge in [0.2, 0.25) is 0 Å². The summed E-state index contributed by atoms with van der Waals surface area (Å²) in [6.45, 7) is 0.604. The number of halogens is 2. The third-order valence-electron chi connectivity index (χ3n) is 5.52. The Bertz CT molecular complexity index is 1050. The van der Waals surface area contributed by atoms with Gasteiger partial charge in [0.05, 0.1) is 21.4 Å². The predicted octanol–water partition coefficient (Wildman–Crippen LogP) is 4.83. The van der Waals surface area contributed by atoms with E-state index in [2.05, 4.69) is 0 Å². The molecule has 0 aliphatic heterocycles. The Morgan fingerprint density at radius 3 is 2.02 bits per heavy atom. The highest BCUT2D eigenvalue weighted by atomic mass is 35.5. The largest absolute Gasteiger partial charge is 0.481 e. The van der Waals surface area contributed by atoms with Gasteiger partial charge in [-0.25, -0.2) is 0 Å². The normalized spacial score (nSPS) is 13.1. The van der Waals surface area contributed by atoms with Gasteiger partial charge in [0.25, 0.3) is 5.69 Å². The third-order valence-corrected chi connectivity index (χ3v) is 6.25. The van der Waals surface area contributed by atoms with Crippen molar-refractivity contribution in [3.63, 3.8) is 0 Å². The first kappa shape index (κ1) is 36.9. The maximum atomic E-state index is 10.3. The van der Waals surface area contributed by atoms with Crippen molar-refractivity contribution in [2.45, 2.75) is 69.9 Å². The molecule has 0 saturated heterocycles. The molecule has 11 nitrogen and oxygen atoms in total. The molecule has 40 heavy (non-hydrogen) atoms. The minimum Gasteiger partial charge on any atom is -0.481 e. The second-order valence-corrected chi connectivity index (χ2v) is 9.73. The lowest BCUT2D eigenvalue weighted by atomic mass is 9.97. The molecule has 1 aliphatic rings. The molecule has 2 aromatic rings. The lowest BCUT2D eigenvalue weighted by molar-refractivity contribution is -0.384. The zero-order chi connectivity index (χ0) is 30.5. The number of carbonyl (C=O) groups is 3. The van der Waals surface area contributed by atoms with E-state index < -0.39 is 22.9 Å². The lowest BCUT2D eigenvalue weighted by Crippen LogP contribution is -2.29. The Hall–Kier alpha value is -3.09. The number of hydrogen-bond acceptors (Lipinski definition) is 8. The Kier molecular flexibility index (Phi) is 20.0. The summed E-state index contributed by atoms with van der Waals surface area (Å²) >= 11 is 11.3. The molecule has 0 heterocycles. The van der Waals surface area contributed by atoms with Gasteiger partial charge in [-0.15, -0.1) is 0 Å². The maximum absolute atomic E-state index is 10.3. The average Bonchev–Trinajstić information content (AvgIpc) is 2.92. The van der Waals surface area contributed by atoms with Crippen LogP contribution in [0.2, 0.25) is 10.0 Å². The molecular formula is C27H38Cl2N4O7. The van der Waals surface area contributed by atoms with E-state index in [1.54, 1.807) is 18.2 Å². The molecule has 3 rings (SSSR count). The molecule has 1 aliphatic carbocycles. The first-order chi connectivity index (χ1) is 18.9. The van der Waals surface area contributed by atoms with Crippen LogP contribution in [-0.2, 0) is 16.0 Å². The second kappa shape index (κ2) is 21.7. The van der Waals surface area contributed by atoms with Crippen LogP contribution in [0.1, 0.15) is 67.3 Å². The molecule has 0 aromatic heterocycles. The fourth-order valence-corrected chi connectivity index (χ4v) is 3.59. The van der Waals surface area contributed by atoms with Crippen molar-refractivity contribution in [2.24, 2.45) is 17.2 Å².